The van der Waals surface area contributed by atoms with Gasteiger partial charge in [-0.25, -0.2) is 9.79 Å². The van der Waals surface area contributed by atoms with Gasteiger partial charge in [-0.3, -0.25) is 9.36 Å². The number of hydrogen-bond acceptors (Lipinski definition) is 7. The van der Waals surface area contributed by atoms with Gasteiger partial charge < -0.3 is 9.47 Å². The minimum Gasteiger partial charge on any atom is -0.497 e. The molecule has 0 spiro atoms. The molecule has 0 N–H and O–H groups in total. The van der Waals surface area contributed by atoms with E-state index < -0.39 is 12.0 Å². The van der Waals surface area contributed by atoms with Crippen LogP contribution in [0.2, 0.25) is 0 Å². The maximum atomic E-state index is 13.5. The van der Waals surface area contributed by atoms with Crippen molar-refractivity contribution in [1.82, 2.24) is 4.57 Å². The minimum atomic E-state index is -0.630. The predicted octanol–water partition coefficient (Wildman–Crippen LogP) is 3.57. The smallest absolute Gasteiger partial charge is 0.338 e. The third-order valence-electron chi connectivity index (χ3n) is 5.18. The highest BCUT2D eigenvalue weighted by Crippen LogP contribution is 2.32. The molecule has 0 aliphatic carbocycles. The van der Waals surface area contributed by atoms with E-state index >= 15 is 0 Å². The zero-order valence-corrected chi connectivity index (χ0v) is 20.2. The zero-order chi connectivity index (χ0) is 23.0. The summed E-state index contributed by atoms with van der Waals surface area (Å²) in [5, 5.41) is 2.00. The number of thiophene rings is 1. The minimum absolute atomic E-state index is 0.176. The molecule has 0 amide bonds. The number of allylic oxidation sites excluding steroid dienone is 1. The van der Waals surface area contributed by atoms with Crippen LogP contribution in [0.4, 0.5) is 0 Å². The number of aromatic nitrogens is 1. The zero-order valence-electron chi connectivity index (χ0n) is 18.5. The Morgan fingerprint density at radius 2 is 1.91 bits per heavy atom. The monoisotopic (exact) mass is 468 g/mol. The summed E-state index contributed by atoms with van der Waals surface area (Å²) in [6.07, 6.45) is 1.62. The Morgan fingerprint density at radius 1 is 1.19 bits per heavy atom. The number of carbonyl (C=O) groups excluding carboxylic acids is 1. The van der Waals surface area contributed by atoms with Crippen molar-refractivity contribution in [1.29, 1.82) is 0 Å². The van der Waals surface area contributed by atoms with Crippen LogP contribution in [0.3, 0.4) is 0 Å². The molecule has 0 bridgehead atoms. The standard InChI is InChI=1S/C24H24N2O4S2/c1-13(2)30-23(28)20-15(4)25-24-26(21(20)16-6-8-17(29-5)9-7-16)22(27)19(32-24)12-18-14(3)10-11-31-18/h6-13,21H,1-5H3/b19-12-/t21-/m1/s1. The molecule has 3 aromatic rings. The quantitative estimate of drug-likeness (QED) is 0.537. The highest BCUT2D eigenvalue weighted by molar-refractivity contribution is 7.11. The molecule has 8 heteroatoms. The van der Waals surface area contributed by atoms with Crippen LogP contribution < -0.4 is 19.6 Å². The van der Waals surface area contributed by atoms with Gasteiger partial charge in [-0.1, -0.05) is 23.5 Å². The van der Waals surface area contributed by atoms with E-state index in [1.54, 1.807) is 43.8 Å². The van der Waals surface area contributed by atoms with Gasteiger partial charge in [0.2, 0.25) is 0 Å². The summed E-state index contributed by atoms with van der Waals surface area (Å²) >= 11 is 2.92. The number of carbonyl (C=O) groups is 1. The lowest BCUT2D eigenvalue weighted by Gasteiger charge is -2.25. The van der Waals surface area contributed by atoms with E-state index in [2.05, 4.69) is 4.99 Å². The van der Waals surface area contributed by atoms with Crippen LogP contribution in [-0.4, -0.2) is 23.8 Å². The van der Waals surface area contributed by atoms with Gasteiger partial charge in [0.15, 0.2) is 4.80 Å². The summed E-state index contributed by atoms with van der Waals surface area (Å²) in [6, 6.07) is 8.77. The Morgan fingerprint density at radius 3 is 2.50 bits per heavy atom. The topological polar surface area (TPSA) is 69.9 Å². The Hall–Kier alpha value is -2.97. The first-order valence-corrected chi connectivity index (χ1v) is 11.9. The predicted molar refractivity (Wildman–Crippen MR) is 127 cm³/mol. The molecule has 32 heavy (non-hydrogen) atoms. The van der Waals surface area contributed by atoms with Crippen LogP contribution in [0.25, 0.3) is 6.08 Å². The van der Waals surface area contributed by atoms with Crippen molar-refractivity contribution >= 4 is 34.7 Å². The fraction of sp³-hybridized carbons (Fsp3) is 0.292. The molecule has 0 radical (unpaired) electrons. The van der Waals surface area contributed by atoms with Crippen molar-refractivity contribution in [2.24, 2.45) is 4.99 Å². The summed E-state index contributed by atoms with van der Waals surface area (Å²) in [5.41, 5.74) is 2.65. The third-order valence-corrected chi connectivity index (χ3v) is 7.13. The van der Waals surface area contributed by atoms with E-state index in [4.69, 9.17) is 9.47 Å². The summed E-state index contributed by atoms with van der Waals surface area (Å²) < 4.78 is 13.0. The van der Waals surface area contributed by atoms with Gasteiger partial charge in [-0.15, -0.1) is 11.3 Å². The maximum absolute atomic E-state index is 13.5. The highest BCUT2D eigenvalue weighted by atomic mass is 32.1. The Balaban J connectivity index is 1.95. The van der Waals surface area contributed by atoms with E-state index in [1.165, 1.54) is 11.3 Å². The number of aryl methyl sites for hydroxylation is 1. The fourth-order valence-corrected chi connectivity index (χ4v) is 5.57. The lowest BCUT2D eigenvalue weighted by atomic mass is 9.96. The van der Waals surface area contributed by atoms with E-state index in [0.29, 0.717) is 26.4 Å². The average Bonchev–Trinajstić information content (AvgIpc) is 3.29. The lowest BCUT2D eigenvalue weighted by Crippen LogP contribution is -2.40. The molecule has 2 aromatic heterocycles. The molecular formula is C24H24N2O4S2. The SMILES string of the molecule is COc1ccc([C@@H]2C(C(=O)OC(C)C)=C(C)N=c3s/c(=C\c4sccc4C)c(=O)n32)cc1. The van der Waals surface area contributed by atoms with Crippen LogP contribution in [0.15, 0.2) is 56.8 Å². The molecule has 1 aliphatic rings. The molecule has 1 aromatic carbocycles. The molecular weight excluding hydrogens is 444 g/mol. The summed E-state index contributed by atoms with van der Waals surface area (Å²) in [6.45, 7) is 7.40. The Bertz CT molecular complexity index is 1370. The van der Waals surface area contributed by atoms with Crippen molar-refractivity contribution in [2.75, 3.05) is 7.11 Å². The van der Waals surface area contributed by atoms with Crippen LogP contribution in [0.5, 0.6) is 5.75 Å². The number of hydrogen-bond donors (Lipinski definition) is 0. The van der Waals surface area contributed by atoms with Crippen LogP contribution in [0, 0.1) is 6.92 Å². The number of nitrogens with zero attached hydrogens (tertiary/aromatic N) is 2. The van der Waals surface area contributed by atoms with Crippen LogP contribution in [0.1, 0.15) is 42.8 Å². The second-order valence-electron chi connectivity index (χ2n) is 7.78. The number of thiazole rings is 1. The number of rotatable bonds is 5. The van der Waals surface area contributed by atoms with Gasteiger partial charge in [0, 0.05) is 4.88 Å². The van der Waals surface area contributed by atoms with E-state index in [9.17, 15) is 9.59 Å². The normalized spacial score (nSPS) is 16.2. The van der Waals surface area contributed by atoms with Crippen molar-refractivity contribution in [3.05, 3.63) is 82.7 Å². The largest absolute Gasteiger partial charge is 0.497 e. The van der Waals surface area contributed by atoms with Crippen molar-refractivity contribution in [2.45, 2.75) is 39.8 Å². The average molecular weight is 469 g/mol. The van der Waals surface area contributed by atoms with Crippen molar-refractivity contribution < 1.29 is 14.3 Å². The van der Waals surface area contributed by atoms with Gasteiger partial charge in [-0.2, -0.15) is 0 Å². The van der Waals surface area contributed by atoms with Gasteiger partial charge in [0.25, 0.3) is 5.56 Å². The number of benzene rings is 1. The van der Waals surface area contributed by atoms with Gasteiger partial charge in [-0.05, 0) is 68.5 Å². The molecule has 0 saturated carbocycles. The van der Waals surface area contributed by atoms with Gasteiger partial charge in [0.05, 0.1) is 35.1 Å². The molecule has 1 atom stereocenters. The summed E-state index contributed by atoms with van der Waals surface area (Å²) in [5.74, 6) is 0.229. The Labute approximate surface area is 193 Å². The Kier molecular flexibility index (Phi) is 6.17. The lowest BCUT2D eigenvalue weighted by molar-refractivity contribution is -0.143. The highest BCUT2D eigenvalue weighted by Gasteiger charge is 2.33. The van der Waals surface area contributed by atoms with Gasteiger partial charge >= 0.3 is 5.97 Å². The van der Waals surface area contributed by atoms with Crippen LogP contribution in [-0.2, 0) is 9.53 Å². The van der Waals surface area contributed by atoms with E-state index in [1.807, 2.05) is 48.7 Å². The molecule has 0 saturated heterocycles. The second-order valence-corrected chi connectivity index (χ2v) is 9.73. The van der Waals surface area contributed by atoms with Crippen molar-refractivity contribution in [3.63, 3.8) is 0 Å². The molecule has 0 fully saturated rings. The first kappa shape index (κ1) is 22.2. The maximum Gasteiger partial charge on any atom is 0.338 e. The van der Waals surface area contributed by atoms with E-state index in [-0.39, 0.29) is 11.7 Å². The molecule has 166 valence electrons. The number of esters is 1. The molecule has 3 heterocycles. The van der Waals surface area contributed by atoms with Crippen LogP contribution >= 0.6 is 22.7 Å². The molecule has 1 aliphatic heterocycles. The number of methoxy groups -OCH3 is 1. The summed E-state index contributed by atoms with van der Waals surface area (Å²) in [7, 11) is 1.60. The first-order valence-electron chi connectivity index (χ1n) is 10.2. The third kappa shape index (κ3) is 4.08. The molecule has 4 rings (SSSR count). The summed E-state index contributed by atoms with van der Waals surface area (Å²) in [4.78, 5) is 32.8. The molecule has 0 unspecified atom stereocenters. The molecule has 6 nitrogen and oxygen atoms in total. The number of fused-ring (bicyclic) bond motifs is 1. The second kappa shape index (κ2) is 8.88. The number of ether oxygens (including phenoxy) is 2. The van der Waals surface area contributed by atoms with E-state index in [0.717, 1.165) is 16.0 Å². The van der Waals surface area contributed by atoms with Gasteiger partial charge in [0.1, 0.15) is 5.75 Å². The van der Waals surface area contributed by atoms with Crippen molar-refractivity contribution in [3.8, 4) is 5.75 Å². The first-order chi connectivity index (χ1) is 15.3. The fourth-order valence-electron chi connectivity index (χ4n) is 3.61.